The summed E-state index contributed by atoms with van der Waals surface area (Å²) >= 11 is 0. The highest BCUT2D eigenvalue weighted by molar-refractivity contribution is 5.95. The van der Waals surface area contributed by atoms with Crippen molar-refractivity contribution in [3.63, 3.8) is 0 Å². The Morgan fingerprint density at radius 3 is 2.68 bits per heavy atom. The number of nitrogen functional groups attached to an aromatic ring is 1. The van der Waals surface area contributed by atoms with Crippen molar-refractivity contribution in [2.24, 2.45) is 5.92 Å². The molecular weight excluding hydrogens is 316 g/mol. The second kappa shape index (κ2) is 8.62. The van der Waals surface area contributed by atoms with Gasteiger partial charge in [0.2, 0.25) is 5.95 Å². The third kappa shape index (κ3) is 5.29. The van der Waals surface area contributed by atoms with Crippen LogP contribution in [-0.4, -0.2) is 51.7 Å². The van der Waals surface area contributed by atoms with E-state index >= 15 is 0 Å². The molecule has 2 aromatic rings. The van der Waals surface area contributed by atoms with Crippen molar-refractivity contribution in [1.29, 1.82) is 0 Å². The van der Waals surface area contributed by atoms with Crippen LogP contribution >= 0.6 is 0 Å². The van der Waals surface area contributed by atoms with E-state index < -0.39 is 0 Å². The Morgan fingerprint density at radius 2 is 2.00 bits per heavy atom. The molecule has 2 heterocycles. The van der Waals surface area contributed by atoms with Gasteiger partial charge in [-0.05, 0) is 44.8 Å². The smallest absolute Gasteiger partial charge is 0.244 e. The Hall–Kier alpha value is -2.41. The molecule has 7 nitrogen and oxygen atoms in total. The van der Waals surface area contributed by atoms with Gasteiger partial charge in [-0.15, -0.1) is 5.10 Å². The van der Waals surface area contributed by atoms with Gasteiger partial charge in [0.1, 0.15) is 6.33 Å². The molecule has 7 heteroatoms. The maximum absolute atomic E-state index is 12.1. The van der Waals surface area contributed by atoms with Crippen molar-refractivity contribution in [2.75, 3.05) is 37.3 Å². The third-order valence-electron chi connectivity index (χ3n) is 4.74. The summed E-state index contributed by atoms with van der Waals surface area (Å²) in [4.78, 5) is 19.9. The lowest BCUT2D eigenvalue weighted by Crippen LogP contribution is -2.36. The first-order valence-corrected chi connectivity index (χ1v) is 8.92. The van der Waals surface area contributed by atoms with E-state index in [9.17, 15) is 4.79 Å². The van der Waals surface area contributed by atoms with Crippen LogP contribution in [0, 0.1) is 5.92 Å². The molecule has 0 atom stereocenters. The molecule has 3 rings (SSSR count). The lowest BCUT2D eigenvalue weighted by atomic mass is 9.96. The van der Waals surface area contributed by atoms with Gasteiger partial charge >= 0.3 is 0 Å². The number of aromatic nitrogens is 3. The van der Waals surface area contributed by atoms with Gasteiger partial charge in [0.25, 0.3) is 0 Å². The molecule has 1 saturated heterocycles. The number of nitrogens with two attached hydrogens (primary N) is 1. The number of carbonyl (C=O) groups is 1. The predicted octanol–water partition coefficient (Wildman–Crippen LogP) is 1.78. The lowest BCUT2D eigenvalue weighted by molar-refractivity contribution is 0.0970. The fraction of sp³-hybridized carbons (Fsp3) is 0.500. The van der Waals surface area contributed by atoms with Crippen molar-refractivity contribution in [2.45, 2.75) is 25.7 Å². The van der Waals surface area contributed by atoms with Gasteiger partial charge in [-0.25, -0.2) is 0 Å². The zero-order valence-corrected chi connectivity index (χ0v) is 14.5. The number of hydrogen-bond donors (Lipinski definition) is 2. The number of benzene rings is 1. The van der Waals surface area contributed by atoms with Crippen molar-refractivity contribution in [3.8, 4) is 0 Å². The van der Waals surface area contributed by atoms with Crippen molar-refractivity contribution in [1.82, 2.24) is 19.8 Å². The molecule has 3 N–H and O–H groups in total. The molecule has 1 aromatic carbocycles. The first kappa shape index (κ1) is 17.4. The number of piperidine rings is 1. The fourth-order valence-electron chi connectivity index (χ4n) is 3.24. The van der Waals surface area contributed by atoms with Crippen LogP contribution in [-0.2, 0) is 0 Å². The van der Waals surface area contributed by atoms with Gasteiger partial charge in [-0.1, -0.05) is 30.3 Å². The molecule has 25 heavy (non-hydrogen) atoms. The second-order valence-corrected chi connectivity index (χ2v) is 6.61. The molecule has 1 aliphatic rings. The van der Waals surface area contributed by atoms with Gasteiger partial charge in [0, 0.05) is 18.5 Å². The molecule has 0 unspecified atom stereocenters. The van der Waals surface area contributed by atoms with Crippen LogP contribution in [0.4, 0.5) is 5.95 Å². The summed E-state index contributed by atoms with van der Waals surface area (Å²) in [6.07, 6.45) is 5.35. The van der Waals surface area contributed by atoms with E-state index in [0.717, 1.165) is 51.0 Å². The molecule has 0 saturated carbocycles. The highest BCUT2D eigenvalue weighted by Gasteiger charge is 2.19. The number of Topliss-reactive ketones (excluding diaryl/α,β-unsaturated/α-hetero) is 1. The Labute approximate surface area is 148 Å². The van der Waals surface area contributed by atoms with Crippen LogP contribution < -0.4 is 11.2 Å². The zero-order valence-electron chi connectivity index (χ0n) is 14.5. The van der Waals surface area contributed by atoms with E-state index in [1.165, 1.54) is 11.1 Å². The first-order valence-electron chi connectivity index (χ1n) is 8.92. The van der Waals surface area contributed by atoms with Gasteiger partial charge in [-0.3, -0.25) is 4.79 Å². The summed E-state index contributed by atoms with van der Waals surface area (Å²) < 4.78 is 0. The molecule has 1 aromatic heterocycles. The molecule has 0 amide bonds. The van der Waals surface area contributed by atoms with Gasteiger partial charge in [-0.2, -0.15) is 9.77 Å². The highest BCUT2D eigenvalue weighted by Crippen LogP contribution is 2.18. The summed E-state index contributed by atoms with van der Waals surface area (Å²) in [5, 5.41) is 7.26. The van der Waals surface area contributed by atoms with Crippen molar-refractivity contribution < 1.29 is 4.79 Å². The highest BCUT2D eigenvalue weighted by atomic mass is 16.1. The van der Waals surface area contributed by atoms with Crippen LogP contribution in [0.3, 0.4) is 0 Å². The maximum atomic E-state index is 12.1. The maximum Gasteiger partial charge on any atom is 0.244 e. The Balaban J connectivity index is 1.30. The number of likely N-dealkylation sites (tertiary alicyclic amines) is 1. The molecule has 1 fully saturated rings. The molecule has 1 aliphatic heterocycles. The van der Waals surface area contributed by atoms with E-state index in [1.54, 1.807) is 0 Å². The molecule has 0 bridgehead atoms. The number of ketones is 1. The Bertz CT molecular complexity index is 663. The number of carbonyl (C=O) groups excluding carboxylic acids is 1. The number of anilines is 1. The standard InChI is InChI=1S/C18H26N6O/c19-24-14-21-18(22-24)20-13-15-8-11-23(12-9-15)10-4-7-17(25)16-5-2-1-3-6-16/h1-3,5-6,14-15H,4,7-13,19H2,(H,20,22). The number of nitrogens with one attached hydrogen (secondary N) is 1. The SMILES string of the molecule is Nn1cnc(NCC2CCN(CCCC(=O)c3ccccc3)CC2)n1. The summed E-state index contributed by atoms with van der Waals surface area (Å²) in [5.74, 6) is 6.94. The quantitative estimate of drug-likeness (QED) is 0.561. The van der Waals surface area contributed by atoms with Crippen molar-refractivity contribution >= 4 is 11.7 Å². The average molecular weight is 342 g/mol. The molecule has 0 spiro atoms. The normalized spacial score (nSPS) is 16.0. The van der Waals surface area contributed by atoms with E-state index in [2.05, 4.69) is 20.3 Å². The third-order valence-corrected chi connectivity index (χ3v) is 4.74. The minimum absolute atomic E-state index is 0.242. The fourth-order valence-corrected chi connectivity index (χ4v) is 3.24. The molecule has 0 radical (unpaired) electrons. The van der Waals surface area contributed by atoms with Crippen LogP contribution in [0.1, 0.15) is 36.0 Å². The predicted molar refractivity (Wildman–Crippen MR) is 97.8 cm³/mol. The minimum atomic E-state index is 0.242. The molecule has 134 valence electrons. The first-order chi connectivity index (χ1) is 12.2. The van der Waals surface area contributed by atoms with E-state index in [-0.39, 0.29) is 5.78 Å². The summed E-state index contributed by atoms with van der Waals surface area (Å²) in [5.41, 5.74) is 0.820. The summed E-state index contributed by atoms with van der Waals surface area (Å²) in [7, 11) is 0. The Kier molecular flexibility index (Phi) is 6.00. The Morgan fingerprint density at radius 1 is 1.24 bits per heavy atom. The van der Waals surface area contributed by atoms with Crippen LogP contribution in [0.25, 0.3) is 0 Å². The number of hydrogen-bond acceptors (Lipinski definition) is 6. The van der Waals surface area contributed by atoms with E-state index in [1.807, 2.05) is 30.3 Å². The second-order valence-electron chi connectivity index (χ2n) is 6.61. The van der Waals surface area contributed by atoms with Gasteiger partial charge in [0.05, 0.1) is 0 Å². The lowest BCUT2D eigenvalue weighted by Gasteiger charge is -2.31. The van der Waals surface area contributed by atoms with Crippen LogP contribution in [0.15, 0.2) is 36.7 Å². The largest absolute Gasteiger partial charge is 0.353 e. The summed E-state index contributed by atoms with van der Waals surface area (Å²) in [6.45, 7) is 4.05. The number of nitrogens with zero attached hydrogens (tertiary/aromatic N) is 4. The van der Waals surface area contributed by atoms with Gasteiger partial charge in [0.15, 0.2) is 5.78 Å². The van der Waals surface area contributed by atoms with Crippen LogP contribution in [0.5, 0.6) is 0 Å². The molecular formula is C18H26N6O. The summed E-state index contributed by atoms with van der Waals surface area (Å²) in [6, 6.07) is 9.55. The van der Waals surface area contributed by atoms with Crippen LogP contribution in [0.2, 0.25) is 0 Å². The average Bonchev–Trinajstić information content (AvgIpc) is 3.07. The van der Waals surface area contributed by atoms with Crippen molar-refractivity contribution in [3.05, 3.63) is 42.2 Å². The monoisotopic (exact) mass is 342 g/mol. The van der Waals surface area contributed by atoms with Gasteiger partial charge < -0.3 is 16.1 Å². The minimum Gasteiger partial charge on any atom is -0.353 e. The van der Waals surface area contributed by atoms with E-state index in [4.69, 9.17) is 5.84 Å². The zero-order chi connectivity index (χ0) is 17.5. The number of rotatable bonds is 8. The topological polar surface area (TPSA) is 89.1 Å². The van der Waals surface area contributed by atoms with E-state index in [0.29, 0.717) is 18.3 Å². The molecule has 0 aliphatic carbocycles.